The van der Waals surface area contributed by atoms with Crippen LogP contribution < -0.4 is 5.73 Å². The minimum absolute atomic E-state index is 0.351. The highest BCUT2D eigenvalue weighted by molar-refractivity contribution is 7.89. The number of aryl methyl sites for hydroxylation is 1. The number of hydrogen-bond donors (Lipinski definition) is 1. The first-order chi connectivity index (χ1) is 9.48. The van der Waals surface area contributed by atoms with Gasteiger partial charge in [-0.3, -0.25) is 0 Å². The maximum Gasteiger partial charge on any atom is 0.244 e. The van der Waals surface area contributed by atoms with Crippen molar-refractivity contribution in [2.75, 3.05) is 13.1 Å². The minimum Gasteiger partial charge on any atom is -0.352 e. The highest BCUT2D eigenvalue weighted by Crippen LogP contribution is 2.25. The van der Waals surface area contributed by atoms with Gasteiger partial charge in [-0.2, -0.15) is 4.31 Å². The third-order valence-electron chi connectivity index (χ3n) is 4.31. The molecule has 1 unspecified atom stereocenters. The molecule has 114 valence electrons. The monoisotopic (exact) mass is 299 g/mol. The van der Waals surface area contributed by atoms with Crippen LogP contribution in [0, 0.1) is 5.92 Å². The van der Waals surface area contributed by atoms with Gasteiger partial charge in [-0.15, -0.1) is 0 Å². The average Bonchev–Trinajstić information content (AvgIpc) is 2.66. The lowest BCUT2D eigenvalue weighted by Crippen LogP contribution is -2.31. The summed E-state index contributed by atoms with van der Waals surface area (Å²) in [5.41, 5.74) is 6.46. The molecule has 0 saturated carbocycles. The Kier molecular flexibility index (Phi) is 4.88. The van der Waals surface area contributed by atoms with Crippen molar-refractivity contribution in [3.05, 3.63) is 18.0 Å². The van der Waals surface area contributed by atoms with Gasteiger partial charge in [0.2, 0.25) is 10.0 Å². The van der Waals surface area contributed by atoms with Gasteiger partial charge in [0, 0.05) is 38.6 Å². The van der Waals surface area contributed by atoms with E-state index in [2.05, 4.69) is 6.92 Å². The third-order valence-corrected chi connectivity index (χ3v) is 6.18. The van der Waals surface area contributed by atoms with E-state index in [1.54, 1.807) is 21.1 Å². The van der Waals surface area contributed by atoms with Crippen molar-refractivity contribution < 1.29 is 8.42 Å². The molecule has 0 aliphatic carbocycles. The zero-order valence-electron chi connectivity index (χ0n) is 12.4. The second-order valence-corrected chi connectivity index (χ2v) is 7.53. The number of nitrogens with two attached hydrogens (primary N) is 1. The van der Waals surface area contributed by atoms with Crippen LogP contribution in [0.1, 0.15) is 38.3 Å². The maximum absolute atomic E-state index is 12.7. The molecule has 20 heavy (non-hydrogen) atoms. The standard InChI is InChI=1S/C14H25N3O2S/c1-3-12-5-4-7-17(8-6-12)20(18,19)14-9-13(10-15)16(2)11-14/h9,11-12H,3-8,10,15H2,1-2H3. The number of sulfonamides is 1. The van der Waals surface area contributed by atoms with Crippen LogP contribution in [0.2, 0.25) is 0 Å². The Bertz CT molecular complexity index is 551. The lowest BCUT2D eigenvalue weighted by atomic mass is 9.98. The van der Waals surface area contributed by atoms with Crippen LogP contribution in [-0.4, -0.2) is 30.4 Å². The molecule has 1 aromatic heterocycles. The molecule has 0 radical (unpaired) electrons. The van der Waals surface area contributed by atoms with Crippen molar-refractivity contribution in [3.63, 3.8) is 0 Å². The van der Waals surface area contributed by atoms with Crippen molar-refractivity contribution >= 4 is 10.0 Å². The van der Waals surface area contributed by atoms with E-state index >= 15 is 0 Å². The van der Waals surface area contributed by atoms with Gasteiger partial charge in [0.1, 0.15) is 4.90 Å². The largest absolute Gasteiger partial charge is 0.352 e. The van der Waals surface area contributed by atoms with Crippen LogP contribution in [0.4, 0.5) is 0 Å². The molecule has 1 fully saturated rings. The Morgan fingerprint density at radius 1 is 1.35 bits per heavy atom. The van der Waals surface area contributed by atoms with Crippen molar-refractivity contribution in [1.29, 1.82) is 0 Å². The van der Waals surface area contributed by atoms with Gasteiger partial charge in [0.15, 0.2) is 0 Å². The van der Waals surface area contributed by atoms with Gasteiger partial charge in [-0.05, 0) is 31.2 Å². The van der Waals surface area contributed by atoms with Crippen LogP contribution >= 0.6 is 0 Å². The van der Waals surface area contributed by atoms with Gasteiger partial charge in [0.25, 0.3) is 0 Å². The predicted octanol–water partition coefficient (Wildman–Crippen LogP) is 1.68. The third kappa shape index (κ3) is 3.07. The topological polar surface area (TPSA) is 68.3 Å². The lowest BCUT2D eigenvalue weighted by molar-refractivity contribution is 0.407. The average molecular weight is 299 g/mol. The van der Waals surface area contributed by atoms with Crippen LogP contribution in [0.15, 0.2) is 17.2 Å². The summed E-state index contributed by atoms with van der Waals surface area (Å²) in [6, 6.07) is 1.69. The van der Waals surface area contributed by atoms with E-state index < -0.39 is 10.0 Å². The highest BCUT2D eigenvalue weighted by atomic mass is 32.2. The van der Waals surface area contributed by atoms with Crippen LogP contribution in [-0.2, 0) is 23.6 Å². The second-order valence-electron chi connectivity index (χ2n) is 5.59. The van der Waals surface area contributed by atoms with Crippen LogP contribution in [0.25, 0.3) is 0 Å². The number of aromatic nitrogens is 1. The summed E-state index contributed by atoms with van der Waals surface area (Å²) in [5, 5.41) is 0. The molecule has 1 aliphatic heterocycles. The molecule has 1 atom stereocenters. The Labute approximate surface area is 121 Å². The molecular formula is C14H25N3O2S. The van der Waals surface area contributed by atoms with E-state index in [9.17, 15) is 8.42 Å². The minimum atomic E-state index is -3.37. The summed E-state index contributed by atoms with van der Waals surface area (Å²) in [6.07, 6.45) is 5.85. The predicted molar refractivity (Wildman–Crippen MR) is 79.7 cm³/mol. The fourth-order valence-corrected chi connectivity index (χ4v) is 4.45. The normalized spacial score (nSPS) is 21.9. The molecule has 0 aromatic carbocycles. The Balaban J connectivity index is 2.21. The smallest absolute Gasteiger partial charge is 0.244 e. The van der Waals surface area contributed by atoms with Crippen molar-refractivity contribution in [2.45, 2.75) is 44.0 Å². The molecule has 0 bridgehead atoms. The molecule has 1 aromatic rings. The molecule has 1 aliphatic rings. The number of hydrogen-bond acceptors (Lipinski definition) is 3. The zero-order valence-corrected chi connectivity index (χ0v) is 13.2. The molecule has 5 nitrogen and oxygen atoms in total. The van der Waals surface area contributed by atoms with E-state index in [0.29, 0.717) is 30.4 Å². The fraction of sp³-hybridized carbons (Fsp3) is 0.714. The van der Waals surface area contributed by atoms with Gasteiger partial charge < -0.3 is 10.3 Å². The number of rotatable bonds is 4. The van der Waals surface area contributed by atoms with Gasteiger partial charge in [-0.1, -0.05) is 13.3 Å². The molecule has 2 heterocycles. The van der Waals surface area contributed by atoms with E-state index in [-0.39, 0.29) is 0 Å². The second kappa shape index (κ2) is 6.28. The fourth-order valence-electron chi connectivity index (χ4n) is 2.86. The Morgan fingerprint density at radius 2 is 2.10 bits per heavy atom. The molecule has 0 spiro atoms. The quantitative estimate of drug-likeness (QED) is 0.920. The van der Waals surface area contributed by atoms with Crippen molar-refractivity contribution in [2.24, 2.45) is 18.7 Å². The first kappa shape index (κ1) is 15.5. The van der Waals surface area contributed by atoms with E-state index in [0.717, 1.165) is 31.4 Å². The summed E-state index contributed by atoms with van der Waals surface area (Å²) in [6.45, 7) is 3.79. The summed E-state index contributed by atoms with van der Waals surface area (Å²) in [5.74, 6) is 0.658. The van der Waals surface area contributed by atoms with Gasteiger partial charge >= 0.3 is 0 Å². The van der Waals surface area contributed by atoms with Crippen LogP contribution in [0.3, 0.4) is 0 Å². The zero-order chi connectivity index (χ0) is 14.8. The first-order valence-corrected chi connectivity index (χ1v) is 8.78. The van der Waals surface area contributed by atoms with E-state index in [1.807, 2.05) is 7.05 Å². The molecule has 6 heteroatoms. The van der Waals surface area contributed by atoms with Crippen molar-refractivity contribution in [1.82, 2.24) is 8.87 Å². The molecule has 2 N–H and O–H groups in total. The maximum atomic E-state index is 12.7. The lowest BCUT2D eigenvalue weighted by Gasteiger charge is -2.19. The van der Waals surface area contributed by atoms with Crippen molar-refractivity contribution in [3.8, 4) is 0 Å². The molecule has 0 amide bonds. The van der Waals surface area contributed by atoms with Crippen LogP contribution in [0.5, 0.6) is 0 Å². The summed E-state index contributed by atoms with van der Waals surface area (Å²) < 4.78 is 28.8. The number of nitrogens with zero attached hydrogens (tertiary/aromatic N) is 2. The summed E-state index contributed by atoms with van der Waals surface area (Å²) in [4.78, 5) is 0.371. The molecular weight excluding hydrogens is 274 g/mol. The summed E-state index contributed by atoms with van der Waals surface area (Å²) in [7, 11) is -1.54. The Hall–Kier alpha value is -0.850. The molecule has 2 rings (SSSR count). The van der Waals surface area contributed by atoms with E-state index in [4.69, 9.17) is 5.73 Å². The SMILES string of the molecule is CCC1CCCN(S(=O)(=O)c2cc(CN)n(C)c2)CC1. The molecule has 1 saturated heterocycles. The van der Waals surface area contributed by atoms with Gasteiger partial charge in [-0.25, -0.2) is 8.42 Å². The first-order valence-electron chi connectivity index (χ1n) is 7.34. The Morgan fingerprint density at radius 3 is 2.70 bits per heavy atom. The van der Waals surface area contributed by atoms with E-state index in [1.165, 1.54) is 0 Å². The highest BCUT2D eigenvalue weighted by Gasteiger charge is 2.28. The van der Waals surface area contributed by atoms with Gasteiger partial charge in [0.05, 0.1) is 0 Å². The summed E-state index contributed by atoms with van der Waals surface area (Å²) >= 11 is 0.